The summed E-state index contributed by atoms with van der Waals surface area (Å²) in [4.78, 5) is 39.2. The molecule has 5 atom stereocenters. The fourth-order valence-electron chi connectivity index (χ4n) is 6.76. The molecule has 6 rings (SSSR count). The molecule has 2 saturated heterocycles. The van der Waals surface area contributed by atoms with Crippen LogP contribution in [-0.4, -0.2) is 95.2 Å². The number of nitrogens with zero attached hydrogens (tertiary/aromatic N) is 4. The van der Waals surface area contributed by atoms with Crippen LogP contribution in [0, 0.1) is 18.7 Å². The number of carbonyl (C=O) groups excluding carboxylic acids is 1. The van der Waals surface area contributed by atoms with Crippen LogP contribution in [0.5, 0.6) is 0 Å². The first-order valence-corrected chi connectivity index (χ1v) is 15.4. The lowest BCUT2D eigenvalue weighted by Gasteiger charge is -2.39. The van der Waals surface area contributed by atoms with Crippen LogP contribution >= 0.6 is 11.3 Å². The van der Waals surface area contributed by atoms with E-state index in [9.17, 15) is 19.1 Å². The van der Waals surface area contributed by atoms with Crippen molar-refractivity contribution in [1.82, 2.24) is 20.1 Å². The molecular formula is C30H36FN5O5S. The van der Waals surface area contributed by atoms with Gasteiger partial charge in [0.05, 0.1) is 36.9 Å². The number of thiazole rings is 1. The van der Waals surface area contributed by atoms with Gasteiger partial charge in [-0.15, -0.1) is 11.3 Å². The normalized spacial score (nSPS) is 28.4. The summed E-state index contributed by atoms with van der Waals surface area (Å²) in [6, 6.07) is 4.39. The first-order valence-electron chi connectivity index (χ1n) is 14.6. The molecule has 10 nitrogen and oxygen atoms in total. The summed E-state index contributed by atoms with van der Waals surface area (Å²) in [5.41, 5.74) is 2.06. The summed E-state index contributed by atoms with van der Waals surface area (Å²) >= 11 is 1.43. The monoisotopic (exact) mass is 597 g/mol. The lowest BCUT2D eigenvalue weighted by atomic mass is 9.92. The first kappa shape index (κ1) is 28.9. The van der Waals surface area contributed by atoms with E-state index in [1.165, 1.54) is 17.4 Å². The minimum absolute atomic E-state index is 0.00813. The van der Waals surface area contributed by atoms with Gasteiger partial charge in [0.2, 0.25) is 0 Å². The number of fused-ring (bicyclic) bond motifs is 1. The van der Waals surface area contributed by atoms with Gasteiger partial charge >= 0.3 is 11.9 Å². The molecule has 4 aliphatic rings. The van der Waals surface area contributed by atoms with E-state index in [0.717, 1.165) is 19.5 Å². The number of halogens is 1. The second kappa shape index (κ2) is 12.2. The number of aromatic nitrogens is 1. The number of nitrogens with one attached hydrogen (secondary N) is 1. The quantitative estimate of drug-likeness (QED) is 0.443. The number of hydrogen-bond acceptors (Lipinski definition) is 10. The van der Waals surface area contributed by atoms with E-state index in [4.69, 9.17) is 14.5 Å². The highest BCUT2D eigenvalue weighted by atomic mass is 32.1. The molecule has 0 spiro atoms. The highest BCUT2D eigenvalue weighted by Gasteiger charge is 2.45. The van der Waals surface area contributed by atoms with E-state index in [1.807, 2.05) is 5.38 Å². The Morgan fingerprint density at radius 3 is 2.88 bits per heavy atom. The van der Waals surface area contributed by atoms with Gasteiger partial charge in [-0.1, -0.05) is 12.1 Å². The largest absolute Gasteiger partial charge is 0.481 e. The van der Waals surface area contributed by atoms with E-state index in [1.54, 1.807) is 32.2 Å². The van der Waals surface area contributed by atoms with E-state index in [-0.39, 0.29) is 36.5 Å². The molecular weight excluding hydrogens is 561 g/mol. The lowest BCUT2D eigenvalue weighted by Crippen LogP contribution is -2.53. The lowest BCUT2D eigenvalue weighted by molar-refractivity contribution is -0.141. The zero-order chi connectivity index (χ0) is 29.4. The smallest absolute Gasteiger partial charge is 0.338 e. The standard InChI is InChI=1S/C30H36FN5O5S/c1-3-40-30(39)25-22(33-27(28-32-9-12-42-28)34-26(25)20-5-4-6-21(31)17(20)2)14-35-10-11-41-24-16-36(15-23(24)35)19-8-7-18(13-19)29(37)38/h4-6,9,12,18-19,23-24,26H,3,7-8,10-11,13-16H2,1-2H3,(H,33,34)(H,37,38)/t18?,19?,23-,24+,26+/m1/s1. The molecule has 4 heterocycles. The first-order chi connectivity index (χ1) is 20.3. The Hall–Kier alpha value is -3.19. The number of carbonyl (C=O) groups is 2. The average molecular weight is 598 g/mol. The van der Waals surface area contributed by atoms with Gasteiger partial charge in [0.15, 0.2) is 10.8 Å². The van der Waals surface area contributed by atoms with Gasteiger partial charge in [-0.2, -0.15) is 0 Å². The van der Waals surface area contributed by atoms with Crippen LogP contribution in [-0.2, 0) is 19.1 Å². The molecule has 1 aromatic heterocycles. The molecule has 1 aliphatic carbocycles. The predicted octanol–water partition coefficient (Wildman–Crippen LogP) is 3.14. The number of aliphatic carboxylic acids is 1. The second-order valence-corrected chi connectivity index (χ2v) is 12.2. The molecule has 3 fully saturated rings. The Bertz CT molecular complexity index is 1400. The molecule has 1 saturated carbocycles. The fraction of sp³-hybridized carbons (Fsp3) is 0.533. The molecule has 0 bridgehead atoms. The number of ether oxygens (including phenoxy) is 2. The molecule has 12 heteroatoms. The van der Waals surface area contributed by atoms with Gasteiger partial charge in [0.25, 0.3) is 0 Å². The van der Waals surface area contributed by atoms with Crippen LogP contribution in [0.4, 0.5) is 4.39 Å². The highest BCUT2D eigenvalue weighted by Crippen LogP contribution is 2.37. The number of morpholine rings is 1. The Morgan fingerprint density at radius 1 is 1.29 bits per heavy atom. The van der Waals surface area contributed by atoms with Crippen molar-refractivity contribution in [1.29, 1.82) is 0 Å². The van der Waals surface area contributed by atoms with E-state index in [0.29, 0.717) is 65.8 Å². The number of likely N-dealkylation sites (tertiary alicyclic amines) is 1. The van der Waals surface area contributed by atoms with Crippen molar-refractivity contribution in [2.45, 2.75) is 57.3 Å². The third-order valence-corrected chi connectivity index (χ3v) is 9.72. The second-order valence-electron chi connectivity index (χ2n) is 11.3. The minimum atomic E-state index is -0.766. The number of hydrogen-bond donors (Lipinski definition) is 2. The van der Waals surface area contributed by atoms with Crippen molar-refractivity contribution >= 4 is 29.1 Å². The Morgan fingerprint density at radius 2 is 2.14 bits per heavy atom. The maximum absolute atomic E-state index is 14.8. The third-order valence-electron chi connectivity index (χ3n) is 8.94. The highest BCUT2D eigenvalue weighted by molar-refractivity contribution is 7.11. The summed E-state index contributed by atoms with van der Waals surface area (Å²) in [5, 5.41) is 15.5. The average Bonchev–Trinajstić information content (AvgIpc) is 3.75. The Labute approximate surface area is 248 Å². The van der Waals surface area contributed by atoms with Crippen molar-refractivity contribution in [3.8, 4) is 0 Å². The number of esters is 1. The van der Waals surface area contributed by atoms with Crippen molar-refractivity contribution in [3.63, 3.8) is 0 Å². The van der Waals surface area contributed by atoms with Crippen molar-refractivity contribution in [2.24, 2.45) is 10.9 Å². The van der Waals surface area contributed by atoms with Crippen LogP contribution in [0.25, 0.3) is 0 Å². The van der Waals surface area contributed by atoms with E-state index >= 15 is 0 Å². The van der Waals surface area contributed by atoms with Gasteiger partial charge in [-0.05, 0) is 50.3 Å². The van der Waals surface area contributed by atoms with Crippen LogP contribution in [0.15, 0.2) is 46.0 Å². The summed E-state index contributed by atoms with van der Waals surface area (Å²) in [7, 11) is 0. The Balaban J connectivity index is 1.33. The number of aliphatic imine (C=N–C) groups is 1. The maximum Gasteiger partial charge on any atom is 0.338 e. The molecule has 1 aromatic carbocycles. The Kier molecular flexibility index (Phi) is 8.39. The maximum atomic E-state index is 14.8. The predicted molar refractivity (Wildman–Crippen MR) is 155 cm³/mol. The van der Waals surface area contributed by atoms with E-state index < -0.39 is 18.0 Å². The topological polar surface area (TPSA) is 117 Å². The van der Waals surface area contributed by atoms with Crippen LogP contribution < -0.4 is 5.32 Å². The number of carboxylic acids is 1. The molecule has 0 radical (unpaired) electrons. The molecule has 42 heavy (non-hydrogen) atoms. The summed E-state index contributed by atoms with van der Waals surface area (Å²) < 4.78 is 26.5. The summed E-state index contributed by atoms with van der Waals surface area (Å²) in [6.45, 7) is 6.83. The van der Waals surface area contributed by atoms with Crippen molar-refractivity contribution in [2.75, 3.05) is 39.4 Å². The van der Waals surface area contributed by atoms with Gasteiger partial charge in [-0.25, -0.2) is 14.2 Å². The molecule has 224 valence electrons. The summed E-state index contributed by atoms with van der Waals surface area (Å²) in [6.07, 6.45) is 3.94. The van der Waals surface area contributed by atoms with Crippen LogP contribution in [0.2, 0.25) is 0 Å². The molecule has 2 unspecified atom stereocenters. The SMILES string of the molecule is CCOC(=O)C1=C(CN2CCO[C@H]3CN(C4CCC(C(=O)O)C4)C[C@H]32)NC(c2nccs2)=N[C@H]1c1cccc(F)c1C. The number of benzene rings is 1. The summed E-state index contributed by atoms with van der Waals surface area (Å²) in [5.74, 6) is -1.31. The number of carboxylic acid groups (broad SMARTS) is 1. The van der Waals surface area contributed by atoms with Gasteiger partial charge in [0.1, 0.15) is 11.9 Å². The zero-order valence-corrected chi connectivity index (χ0v) is 24.6. The van der Waals surface area contributed by atoms with Crippen molar-refractivity contribution < 1.29 is 28.6 Å². The molecule has 0 amide bonds. The molecule has 3 aliphatic heterocycles. The van der Waals surface area contributed by atoms with Gasteiger partial charge in [0, 0.05) is 49.5 Å². The fourth-order valence-corrected chi connectivity index (χ4v) is 7.35. The molecule has 2 N–H and O–H groups in total. The van der Waals surface area contributed by atoms with Gasteiger partial charge in [-0.3, -0.25) is 19.6 Å². The van der Waals surface area contributed by atoms with Crippen LogP contribution in [0.3, 0.4) is 0 Å². The van der Waals surface area contributed by atoms with E-state index in [2.05, 4.69) is 20.1 Å². The minimum Gasteiger partial charge on any atom is -0.481 e. The van der Waals surface area contributed by atoms with Crippen molar-refractivity contribution in [3.05, 3.63) is 63.0 Å². The van der Waals surface area contributed by atoms with Crippen LogP contribution in [0.1, 0.15) is 48.4 Å². The zero-order valence-electron chi connectivity index (χ0n) is 23.8. The number of rotatable bonds is 8. The third kappa shape index (κ3) is 5.60. The van der Waals surface area contributed by atoms with Gasteiger partial charge < -0.3 is 19.9 Å². The number of amidine groups is 1. The molecule has 2 aromatic rings.